The fourth-order valence-electron chi connectivity index (χ4n) is 1.12. The zero-order chi connectivity index (χ0) is 9.84. The van der Waals surface area contributed by atoms with Gasteiger partial charge in [-0.1, -0.05) is 11.6 Å². The molecule has 0 aromatic heterocycles. The van der Waals surface area contributed by atoms with Gasteiger partial charge < -0.3 is 5.21 Å². The third-order valence-electron chi connectivity index (χ3n) is 1.70. The van der Waals surface area contributed by atoms with Crippen LogP contribution in [-0.2, 0) is 6.54 Å². The second-order valence-electron chi connectivity index (χ2n) is 2.72. The van der Waals surface area contributed by atoms with Crippen LogP contribution in [0.1, 0.15) is 11.1 Å². The topological polar surface area (TPSA) is 75.4 Å². The molecule has 0 saturated carbocycles. The zero-order valence-electron chi connectivity index (χ0n) is 7.15. The lowest BCUT2D eigenvalue weighted by Crippen LogP contribution is -2.08. The highest BCUT2D eigenvalue weighted by atomic mass is 16.6. The first-order chi connectivity index (χ1) is 6.15. The minimum atomic E-state index is -0.466. The Hall–Kier alpha value is -1.46. The summed E-state index contributed by atoms with van der Waals surface area (Å²) in [4.78, 5) is 10.0. The van der Waals surface area contributed by atoms with Crippen molar-refractivity contribution in [3.63, 3.8) is 0 Å². The Kier molecular flexibility index (Phi) is 2.94. The molecule has 1 aromatic carbocycles. The van der Waals surface area contributed by atoms with Gasteiger partial charge in [0, 0.05) is 11.6 Å². The van der Waals surface area contributed by atoms with Crippen molar-refractivity contribution in [2.24, 2.45) is 0 Å². The normalized spacial score (nSPS) is 10.0. The Morgan fingerprint density at radius 2 is 2.31 bits per heavy atom. The van der Waals surface area contributed by atoms with Gasteiger partial charge in [0.25, 0.3) is 5.69 Å². The van der Waals surface area contributed by atoms with E-state index in [1.54, 1.807) is 12.1 Å². The predicted molar refractivity (Wildman–Crippen MR) is 46.5 cm³/mol. The number of aryl methyl sites for hydroxylation is 1. The third-order valence-corrected chi connectivity index (χ3v) is 1.70. The molecule has 0 spiro atoms. The molecule has 13 heavy (non-hydrogen) atoms. The first-order valence-corrected chi connectivity index (χ1v) is 3.76. The Morgan fingerprint density at radius 3 is 2.85 bits per heavy atom. The van der Waals surface area contributed by atoms with Gasteiger partial charge in [-0.3, -0.25) is 10.1 Å². The van der Waals surface area contributed by atoms with Crippen LogP contribution in [-0.4, -0.2) is 10.1 Å². The number of nitro benzene ring substituents is 1. The number of hydroxylamine groups is 1. The molecule has 0 radical (unpaired) electrons. The van der Waals surface area contributed by atoms with Gasteiger partial charge in [-0.25, -0.2) is 5.48 Å². The summed E-state index contributed by atoms with van der Waals surface area (Å²) in [5.74, 6) is 0. The van der Waals surface area contributed by atoms with Crippen LogP contribution in [0.15, 0.2) is 18.2 Å². The molecule has 0 atom stereocenters. The summed E-state index contributed by atoms with van der Waals surface area (Å²) in [7, 11) is 0. The molecule has 0 aliphatic rings. The van der Waals surface area contributed by atoms with Crippen LogP contribution in [0.3, 0.4) is 0 Å². The summed E-state index contributed by atoms with van der Waals surface area (Å²) in [6.07, 6.45) is 0. The highest BCUT2D eigenvalue weighted by Gasteiger charge is 2.12. The summed E-state index contributed by atoms with van der Waals surface area (Å²) in [6.45, 7) is 1.92. The molecule has 5 heteroatoms. The van der Waals surface area contributed by atoms with Crippen molar-refractivity contribution in [2.75, 3.05) is 0 Å². The number of nitrogens with one attached hydrogen (secondary N) is 1. The Balaban J connectivity index is 3.10. The minimum Gasteiger partial charge on any atom is -0.316 e. The lowest BCUT2D eigenvalue weighted by molar-refractivity contribution is -0.385. The minimum absolute atomic E-state index is 0.0205. The van der Waals surface area contributed by atoms with E-state index in [1.165, 1.54) is 6.07 Å². The fraction of sp³-hybridized carbons (Fsp3) is 0.250. The molecule has 0 aliphatic heterocycles. The number of benzene rings is 1. The average Bonchev–Trinajstić information content (AvgIpc) is 2.04. The van der Waals surface area contributed by atoms with Crippen LogP contribution in [0, 0.1) is 17.0 Å². The van der Waals surface area contributed by atoms with Gasteiger partial charge in [-0.15, -0.1) is 0 Å². The van der Waals surface area contributed by atoms with Gasteiger partial charge in [0.15, 0.2) is 0 Å². The van der Waals surface area contributed by atoms with Gasteiger partial charge in [0.05, 0.1) is 11.5 Å². The van der Waals surface area contributed by atoms with Crippen LogP contribution in [0.2, 0.25) is 0 Å². The van der Waals surface area contributed by atoms with E-state index in [4.69, 9.17) is 5.21 Å². The lowest BCUT2D eigenvalue weighted by Gasteiger charge is -2.02. The van der Waals surface area contributed by atoms with Crippen LogP contribution in [0.25, 0.3) is 0 Å². The van der Waals surface area contributed by atoms with Gasteiger partial charge in [-0.2, -0.15) is 0 Å². The monoisotopic (exact) mass is 182 g/mol. The second kappa shape index (κ2) is 3.97. The molecule has 70 valence electrons. The van der Waals surface area contributed by atoms with Crippen LogP contribution < -0.4 is 5.48 Å². The summed E-state index contributed by atoms with van der Waals surface area (Å²) >= 11 is 0. The third kappa shape index (κ3) is 2.24. The standard InChI is InChI=1S/C8H10N2O3/c1-6-2-3-8(10(12)13)7(4-6)5-9-11/h2-4,9,11H,5H2,1H3. The van der Waals surface area contributed by atoms with Crippen molar-refractivity contribution in [1.82, 2.24) is 5.48 Å². The maximum atomic E-state index is 10.5. The van der Waals surface area contributed by atoms with E-state index in [0.29, 0.717) is 5.56 Å². The largest absolute Gasteiger partial charge is 0.316 e. The molecule has 0 saturated heterocycles. The smallest absolute Gasteiger partial charge is 0.273 e. The Labute approximate surface area is 75.1 Å². The highest BCUT2D eigenvalue weighted by molar-refractivity contribution is 5.42. The molecule has 0 bridgehead atoms. The van der Waals surface area contributed by atoms with Crippen molar-refractivity contribution in [1.29, 1.82) is 0 Å². The first kappa shape index (κ1) is 9.63. The van der Waals surface area contributed by atoms with E-state index in [1.807, 2.05) is 12.4 Å². The first-order valence-electron chi connectivity index (χ1n) is 3.76. The number of rotatable bonds is 3. The molecular weight excluding hydrogens is 172 g/mol. The Morgan fingerprint density at radius 1 is 1.62 bits per heavy atom. The van der Waals surface area contributed by atoms with E-state index < -0.39 is 4.92 Å². The van der Waals surface area contributed by atoms with E-state index in [9.17, 15) is 10.1 Å². The van der Waals surface area contributed by atoms with E-state index in [2.05, 4.69) is 0 Å². The molecule has 0 heterocycles. The molecule has 5 nitrogen and oxygen atoms in total. The molecule has 0 aliphatic carbocycles. The van der Waals surface area contributed by atoms with E-state index in [-0.39, 0.29) is 12.2 Å². The zero-order valence-corrected chi connectivity index (χ0v) is 7.15. The molecule has 0 amide bonds. The van der Waals surface area contributed by atoms with Crippen LogP contribution >= 0.6 is 0 Å². The number of nitrogens with zero attached hydrogens (tertiary/aromatic N) is 1. The van der Waals surface area contributed by atoms with Gasteiger partial charge in [0.2, 0.25) is 0 Å². The number of hydrogen-bond acceptors (Lipinski definition) is 4. The summed E-state index contributed by atoms with van der Waals surface area (Å²) in [5, 5.41) is 18.9. The second-order valence-corrected chi connectivity index (χ2v) is 2.72. The highest BCUT2D eigenvalue weighted by Crippen LogP contribution is 2.19. The molecule has 0 unspecified atom stereocenters. The van der Waals surface area contributed by atoms with Gasteiger partial charge in [-0.05, 0) is 13.0 Å². The van der Waals surface area contributed by atoms with Crippen molar-refractivity contribution in [3.05, 3.63) is 39.4 Å². The maximum Gasteiger partial charge on any atom is 0.273 e. The van der Waals surface area contributed by atoms with Crippen LogP contribution in [0.5, 0.6) is 0 Å². The van der Waals surface area contributed by atoms with Crippen molar-refractivity contribution < 1.29 is 10.1 Å². The van der Waals surface area contributed by atoms with Gasteiger partial charge in [0.1, 0.15) is 0 Å². The number of hydrogen-bond donors (Lipinski definition) is 2. The fourth-order valence-corrected chi connectivity index (χ4v) is 1.12. The summed E-state index contributed by atoms with van der Waals surface area (Å²) in [5.41, 5.74) is 3.33. The molecule has 1 rings (SSSR count). The van der Waals surface area contributed by atoms with E-state index >= 15 is 0 Å². The number of nitro groups is 1. The summed E-state index contributed by atoms with van der Waals surface area (Å²) in [6, 6.07) is 4.77. The van der Waals surface area contributed by atoms with Crippen molar-refractivity contribution in [3.8, 4) is 0 Å². The van der Waals surface area contributed by atoms with E-state index in [0.717, 1.165) is 5.56 Å². The average molecular weight is 182 g/mol. The molecule has 2 N–H and O–H groups in total. The van der Waals surface area contributed by atoms with Gasteiger partial charge >= 0.3 is 0 Å². The predicted octanol–water partition coefficient (Wildman–Crippen LogP) is 1.38. The van der Waals surface area contributed by atoms with Crippen molar-refractivity contribution in [2.45, 2.75) is 13.5 Å². The maximum absolute atomic E-state index is 10.5. The molecule has 1 aromatic rings. The van der Waals surface area contributed by atoms with Crippen molar-refractivity contribution >= 4 is 5.69 Å². The Bertz CT molecular complexity index is 325. The lowest BCUT2D eigenvalue weighted by atomic mass is 10.1. The SMILES string of the molecule is Cc1ccc([N+](=O)[O-])c(CNO)c1. The summed E-state index contributed by atoms with van der Waals surface area (Å²) < 4.78 is 0. The molecular formula is C8H10N2O3. The van der Waals surface area contributed by atoms with Crippen LogP contribution in [0.4, 0.5) is 5.69 Å². The quantitative estimate of drug-likeness (QED) is 0.547. The molecule has 0 fully saturated rings.